The van der Waals surface area contributed by atoms with Crippen LogP contribution in [-0.4, -0.2) is 15.8 Å². The van der Waals surface area contributed by atoms with Crippen LogP contribution in [0.3, 0.4) is 0 Å². The van der Waals surface area contributed by atoms with E-state index in [0.717, 1.165) is 32.1 Å². The Morgan fingerprint density at radius 1 is 1.38 bits per heavy atom. The Labute approximate surface area is 128 Å². The lowest BCUT2D eigenvalue weighted by Crippen LogP contribution is -2.59. The van der Waals surface area contributed by atoms with Crippen molar-refractivity contribution in [2.24, 2.45) is 11.8 Å². The quantitative estimate of drug-likeness (QED) is 0.463. The molecule has 0 N–H and O–H groups in total. The van der Waals surface area contributed by atoms with E-state index >= 15 is 0 Å². The van der Waals surface area contributed by atoms with E-state index in [-0.39, 0.29) is 10.0 Å². The summed E-state index contributed by atoms with van der Waals surface area (Å²) in [7, 11) is 0. The molecule has 4 atom stereocenters. The van der Waals surface area contributed by atoms with Crippen LogP contribution >= 0.6 is 15.9 Å². The summed E-state index contributed by atoms with van der Waals surface area (Å²) in [6, 6.07) is 0. The first-order valence-electron chi connectivity index (χ1n) is 7.01. The Hall–Kier alpha value is -1.38. The van der Waals surface area contributed by atoms with Gasteiger partial charge in [0.05, 0.1) is 0 Å². The molecular weight excluding hydrogens is 346 g/mol. The molecule has 21 heavy (non-hydrogen) atoms. The molecule has 0 spiro atoms. The highest BCUT2D eigenvalue weighted by Gasteiger charge is 2.63. The third-order valence-electron chi connectivity index (χ3n) is 5.34. The van der Waals surface area contributed by atoms with Gasteiger partial charge in [0, 0.05) is 26.5 Å². The molecule has 0 aliphatic heterocycles. The van der Waals surface area contributed by atoms with Gasteiger partial charge in [-0.15, -0.1) is 10.1 Å². The molecule has 4 saturated carbocycles. The maximum atomic E-state index is 11.5. The first-order valence-corrected chi connectivity index (χ1v) is 7.80. The second-order valence-electron chi connectivity index (χ2n) is 6.81. The van der Waals surface area contributed by atoms with E-state index in [2.05, 4.69) is 25.7 Å². The van der Waals surface area contributed by atoms with Crippen molar-refractivity contribution in [3.63, 3.8) is 0 Å². The standard InChI is InChI=1S/C12H14BrN3O5/c13-10-9(14-21-15(10)17)11-2-7-1-8(3-11)5-12(4-7,6-11)20-16(18)19/h7-8H,1-6H2/t7-,8+,11?,12?. The second-order valence-corrected chi connectivity index (χ2v) is 7.56. The molecule has 5 rings (SSSR count). The number of hydrogen-bond donors (Lipinski definition) is 0. The number of nitrogens with zero attached hydrogens (tertiary/aromatic N) is 3. The summed E-state index contributed by atoms with van der Waals surface area (Å²) < 4.78 is 4.97. The fraction of sp³-hybridized carbons (Fsp3) is 0.833. The molecule has 1 aromatic heterocycles. The molecule has 4 aliphatic carbocycles. The van der Waals surface area contributed by atoms with Gasteiger partial charge in [0.2, 0.25) is 5.69 Å². The lowest BCUT2D eigenvalue weighted by atomic mass is 9.47. The zero-order chi connectivity index (χ0) is 14.8. The van der Waals surface area contributed by atoms with Crippen molar-refractivity contribution in [3.05, 3.63) is 25.6 Å². The van der Waals surface area contributed by atoms with Crippen LogP contribution in [0.25, 0.3) is 0 Å². The summed E-state index contributed by atoms with van der Waals surface area (Å²) in [6.45, 7) is 0. The highest BCUT2D eigenvalue weighted by molar-refractivity contribution is 9.10. The van der Waals surface area contributed by atoms with Gasteiger partial charge in [0.15, 0.2) is 0 Å². The third-order valence-corrected chi connectivity index (χ3v) is 6.01. The minimum atomic E-state index is -0.723. The van der Waals surface area contributed by atoms with Gasteiger partial charge in [-0.05, 0) is 55.3 Å². The van der Waals surface area contributed by atoms with Gasteiger partial charge in [0.1, 0.15) is 5.60 Å². The van der Waals surface area contributed by atoms with Gasteiger partial charge >= 0.3 is 0 Å². The summed E-state index contributed by atoms with van der Waals surface area (Å²) in [5.41, 5.74) is -0.486. The molecule has 0 aromatic carbocycles. The Kier molecular flexibility index (Phi) is 2.59. The molecule has 4 fully saturated rings. The van der Waals surface area contributed by atoms with E-state index in [1.54, 1.807) is 0 Å². The molecule has 4 bridgehead atoms. The summed E-state index contributed by atoms with van der Waals surface area (Å²) in [5, 5.41) is 25.6. The van der Waals surface area contributed by atoms with Crippen LogP contribution in [0.4, 0.5) is 0 Å². The minimum Gasteiger partial charge on any atom is -0.359 e. The van der Waals surface area contributed by atoms with E-state index in [0.29, 0.717) is 28.9 Å². The van der Waals surface area contributed by atoms with Crippen LogP contribution in [-0.2, 0) is 10.3 Å². The van der Waals surface area contributed by atoms with Crippen LogP contribution < -0.4 is 4.90 Å². The molecule has 8 nitrogen and oxygen atoms in total. The van der Waals surface area contributed by atoms with Crippen molar-refractivity contribution in [2.45, 2.75) is 49.5 Å². The number of rotatable bonds is 3. The predicted molar refractivity (Wildman–Crippen MR) is 70.3 cm³/mol. The van der Waals surface area contributed by atoms with Gasteiger partial charge in [-0.2, -0.15) is 0 Å². The monoisotopic (exact) mass is 359 g/mol. The topological polar surface area (TPSA) is 105 Å². The molecule has 0 radical (unpaired) electrons. The lowest BCUT2D eigenvalue weighted by Gasteiger charge is -2.59. The zero-order valence-corrected chi connectivity index (χ0v) is 12.7. The molecule has 114 valence electrons. The number of hydrogen-bond acceptors (Lipinski definition) is 6. The van der Waals surface area contributed by atoms with Crippen molar-refractivity contribution < 1.29 is 19.5 Å². The predicted octanol–water partition coefficient (Wildman–Crippen LogP) is 1.87. The van der Waals surface area contributed by atoms with Gasteiger partial charge in [0.25, 0.3) is 9.69 Å². The van der Waals surface area contributed by atoms with Crippen molar-refractivity contribution in [1.82, 2.24) is 5.16 Å². The average Bonchev–Trinajstić information content (AvgIpc) is 2.67. The van der Waals surface area contributed by atoms with Gasteiger partial charge in [-0.25, -0.2) is 0 Å². The smallest absolute Gasteiger partial charge is 0.295 e. The average molecular weight is 360 g/mol. The van der Waals surface area contributed by atoms with Crippen LogP contribution in [0.15, 0.2) is 9.23 Å². The Morgan fingerprint density at radius 3 is 2.57 bits per heavy atom. The van der Waals surface area contributed by atoms with Gasteiger partial charge in [-0.3, -0.25) is 4.63 Å². The molecule has 1 aromatic rings. The van der Waals surface area contributed by atoms with Crippen LogP contribution in [0.2, 0.25) is 0 Å². The first kappa shape index (κ1) is 13.3. The second kappa shape index (κ2) is 4.08. The maximum Gasteiger partial charge on any atom is 0.295 e. The van der Waals surface area contributed by atoms with Crippen LogP contribution in [0, 0.1) is 27.2 Å². The van der Waals surface area contributed by atoms with E-state index < -0.39 is 10.7 Å². The Balaban J connectivity index is 1.77. The van der Waals surface area contributed by atoms with Gasteiger partial charge in [-0.1, -0.05) is 0 Å². The van der Waals surface area contributed by atoms with Crippen molar-refractivity contribution >= 4 is 15.9 Å². The number of aromatic nitrogens is 2. The Bertz CT molecular complexity index is 604. The first-order chi connectivity index (χ1) is 9.91. The highest BCUT2D eigenvalue weighted by atomic mass is 79.9. The SMILES string of the molecule is O=[N+]([O-])OC12C[C@H]3C[C@@H](C1)CC(c1no[n+]([O-])c1Br)(C3)C2. The van der Waals surface area contributed by atoms with E-state index in [1.807, 2.05) is 0 Å². The molecule has 0 amide bonds. The van der Waals surface area contributed by atoms with Crippen molar-refractivity contribution in [1.29, 1.82) is 0 Å². The fourth-order valence-corrected chi connectivity index (χ4v) is 5.83. The molecule has 1 heterocycles. The Morgan fingerprint density at radius 2 is 2.05 bits per heavy atom. The van der Waals surface area contributed by atoms with Gasteiger partial charge < -0.3 is 10.0 Å². The van der Waals surface area contributed by atoms with Crippen LogP contribution in [0.5, 0.6) is 0 Å². The normalized spacial score (nSPS) is 40.4. The third kappa shape index (κ3) is 1.86. The number of halogens is 1. The van der Waals surface area contributed by atoms with Crippen molar-refractivity contribution in [2.75, 3.05) is 0 Å². The summed E-state index contributed by atoms with van der Waals surface area (Å²) in [6.07, 6.45) is 4.82. The highest BCUT2D eigenvalue weighted by Crippen LogP contribution is 2.63. The molecule has 2 unspecified atom stereocenters. The summed E-state index contributed by atoms with van der Waals surface area (Å²) in [5.74, 6) is 0.768. The molecular formula is C12H14BrN3O5. The summed E-state index contributed by atoms with van der Waals surface area (Å²) >= 11 is 3.23. The van der Waals surface area contributed by atoms with E-state index in [1.165, 1.54) is 0 Å². The zero-order valence-electron chi connectivity index (χ0n) is 11.2. The summed E-state index contributed by atoms with van der Waals surface area (Å²) in [4.78, 5) is 16.3. The lowest BCUT2D eigenvalue weighted by molar-refractivity contribution is -0.811. The maximum absolute atomic E-state index is 11.5. The molecule has 0 saturated heterocycles. The molecule has 4 aliphatic rings. The van der Waals surface area contributed by atoms with E-state index in [9.17, 15) is 15.3 Å². The van der Waals surface area contributed by atoms with Crippen LogP contribution in [0.1, 0.15) is 44.2 Å². The fourth-order valence-electron chi connectivity index (χ4n) is 5.27. The van der Waals surface area contributed by atoms with Crippen molar-refractivity contribution in [3.8, 4) is 0 Å². The van der Waals surface area contributed by atoms with E-state index in [4.69, 9.17) is 4.84 Å². The minimum absolute atomic E-state index is 0.278. The molecule has 9 heteroatoms. The largest absolute Gasteiger partial charge is 0.359 e.